The molecule has 0 heterocycles. The first-order valence-corrected chi connectivity index (χ1v) is 7.68. The van der Waals surface area contributed by atoms with Crippen LogP contribution in [0.4, 0.5) is 8.78 Å². The predicted octanol–water partition coefficient (Wildman–Crippen LogP) is 0.945. The zero-order chi connectivity index (χ0) is 19.3. The summed E-state index contributed by atoms with van der Waals surface area (Å²) in [5, 5.41) is 30.2. The van der Waals surface area contributed by atoms with Crippen molar-refractivity contribution in [2.75, 3.05) is 0 Å². The summed E-state index contributed by atoms with van der Waals surface area (Å²) >= 11 is 0. The van der Waals surface area contributed by atoms with Crippen LogP contribution in [0.2, 0.25) is 0 Å². The average Bonchev–Trinajstić information content (AvgIpc) is 2.57. The van der Waals surface area contributed by atoms with Crippen molar-refractivity contribution < 1.29 is 33.5 Å². The van der Waals surface area contributed by atoms with E-state index in [4.69, 9.17) is 5.11 Å². The number of halogens is 2. The Balaban J connectivity index is 2.08. The van der Waals surface area contributed by atoms with Crippen LogP contribution >= 0.6 is 0 Å². The first-order chi connectivity index (χ1) is 12.3. The maximum absolute atomic E-state index is 13.6. The molecular weight excluding hydrogens is 347 g/mol. The van der Waals surface area contributed by atoms with Gasteiger partial charge in [0.1, 0.15) is 11.6 Å². The normalized spacial score (nSPS) is 11.7. The van der Waals surface area contributed by atoms with E-state index in [1.54, 1.807) is 6.07 Å². The second-order valence-corrected chi connectivity index (χ2v) is 5.71. The second kappa shape index (κ2) is 8.55. The Kier molecular flexibility index (Phi) is 6.43. The van der Waals surface area contributed by atoms with E-state index in [2.05, 4.69) is 5.32 Å². The highest BCUT2D eigenvalue weighted by atomic mass is 19.1. The number of hydrogen-bond acceptors (Lipinski definition) is 4. The van der Waals surface area contributed by atoms with Gasteiger partial charge < -0.3 is 20.5 Å². The molecule has 0 bridgehead atoms. The number of carboxylic acid groups (broad SMARTS) is 1. The molecule has 0 spiro atoms. The summed E-state index contributed by atoms with van der Waals surface area (Å²) < 4.78 is 26.7. The fourth-order valence-electron chi connectivity index (χ4n) is 2.43. The fourth-order valence-corrected chi connectivity index (χ4v) is 2.43. The van der Waals surface area contributed by atoms with Gasteiger partial charge in [0, 0.05) is 5.56 Å². The van der Waals surface area contributed by atoms with Gasteiger partial charge in [-0.05, 0) is 42.3 Å². The second-order valence-electron chi connectivity index (χ2n) is 5.71. The Bertz CT molecular complexity index is 815. The summed E-state index contributed by atoms with van der Waals surface area (Å²) in [6.45, 7) is 0. The van der Waals surface area contributed by atoms with Gasteiger partial charge in [0.05, 0.1) is 17.9 Å². The molecule has 4 N–H and O–H groups in total. The summed E-state index contributed by atoms with van der Waals surface area (Å²) in [5.74, 6) is -4.47. The third kappa shape index (κ3) is 5.37. The molecule has 26 heavy (non-hydrogen) atoms. The first-order valence-electron chi connectivity index (χ1n) is 7.68. The van der Waals surface area contributed by atoms with Crippen molar-refractivity contribution in [3.8, 4) is 0 Å². The number of hydrogen-bond donors (Lipinski definition) is 4. The number of benzene rings is 2. The van der Waals surface area contributed by atoms with Crippen LogP contribution in [-0.4, -0.2) is 40.1 Å². The topological polar surface area (TPSA) is 107 Å². The molecule has 0 aromatic heterocycles. The summed E-state index contributed by atoms with van der Waals surface area (Å²) in [6, 6.07) is 8.48. The molecule has 2 rings (SSSR count). The van der Waals surface area contributed by atoms with Gasteiger partial charge in [-0.15, -0.1) is 0 Å². The van der Waals surface area contributed by atoms with Crippen LogP contribution in [0, 0.1) is 11.6 Å². The quantitative estimate of drug-likeness (QED) is 0.548. The lowest BCUT2D eigenvalue weighted by atomic mass is 9.75. The van der Waals surface area contributed by atoms with E-state index in [-0.39, 0.29) is 17.5 Å². The minimum Gasteiger partial charge on any atom is -0.478 e. The molecule has 1 atom stereocenters. The number of carbonyl (C=O) groups is 2. The Morgan fingerprint density at radius 1 is 1.12 bits per heavy atom. The van der Waals surface area contributed by atoms with E-state index in [0.717, 1.165) is 18.2 Å². The summed E-state index contributed by atoms with van der Waals surface area (Å²) in [4.78, 5) is 23.0. The first kappa shape index (κ1) is 19.5. The minimum atomic E-state index is -1.93. The SMILES string of the molecule is O=C(Cc1cc(F)ccc1F)NC(Cc1cccc(C(=O)O)c1)B(O)O. The lowest BCUT2D eigenvalue weighted by Gasteiger charge is -2.18. The summed E-state index contributed by atoms with van der Waals surface area (Å²) in [5.41, 5.74) is 0.309. The Hall–Kier alpha value is -2.78. The highest BCUT2D eigenvalue weighted by Crippen LogP contribution is 2.12. The lowest BCUT2D eigenvalue weighted by Crippen LogP contribution is -2.48. The molecule has 1 amide bonds. The molecule has 6 nitrogen and oxygen atoms in total. The molecule has 9 heteroatoms. The number of carbonyl (C=O) groups excluding carboxylic acids is 1. The van der Waals surface area contributed by atoms with Crippen molar-refractivity contribution in [2.45, 2.75) is 18.8 Å². The van der Waals surface area contributed by atoms with Gasteiger partial charge in [0.15, 0.2) is 0 Å². The molecule has 0 fully saturated rings. The predicted molar refractivity (Wildman–Crippen MR) is 89.3 cm³/mol. The standard InChI is InChI=1S/C17H16BF2NO5/c19-13-4-5-14(20)12(8-13)9-16(22)21-15(18(25)26)7-10-2-1-3-11(6-10)17(23)24/h1-6,8,15,25-26H,7,9H2,(H,21,22)(H,23,24). The number of aromatic carboxylic acids is 1. The Morgan fingerprint density at radius 2 is 1.85 bits per heavy atom. The van der Waals surface area contributed by atoms with Crippen LogP contribution in [0.3, 0.4) is 0 Å². The molecule has 2 aromatic carbocycles. The van der Waals surface area contributed by atoms with Crippen molar-refractivity contribution in [3.05, 3.63) is 70.8 Å². The van der Waals surface area contributed by atoms with Crippen molar-refractivity contribution in [3.63, 3.8) is 0 Å². The van der Waals surface area contributed by atoms with Crippen LogP contribution in [0.1, 0.15) is 21.5 Å². The lowest BCUT2D eigenvalue weighted by molar-refractivity contribution is -0.120. The molecule has 0 aliphatic rings. The summed E-state index contributed by atoms with van der Waals surface area (Å²) in [6.07, 6.45) is -0.544. The van der Waals surface area contributed by atoms with Gasteiger partial charge in [-0.1, -0.05) is 12.1 Å². The van der Waals surface area contributed by atoms with E-state index in [0.29, 0.717) is 5.56 Å². The van der Waals surface area contributed by atoms with Crippen molar-refractivity contribution >= 4 is 19.0 Å². The number of carboxylic acids is 1. The maximum atomic E-state index is 13.6. The van der Waals surface area contributed by atoms with Crippen LogP contribution in [-0.2, 0) is 17.6 Å². The number of amides is 1. The van der Waals surface area contributed by atoms with Gasteiger partial charge in [-0.2, -0.15) is 0 Å². The van der Waals surface area contributed by atoms with Crippen LogP contribution in [0.15, 0.2) is 42.5 Å². The summed E-state index contributed by atoms with van der Waals surface area (Å²) in [7, 11) is -1.93. The van der Waals surface area contributed by atoms with Crippen LogP contribution in [0.5, 0.6) is 0 Å². The maximum Gasteiger partial charge on any atom is 0.475 e. The molecule has 136 valence electrons. The fraction of sp³-hybridized carbons (Fsp3) is 0.176. The number of nitrogens with one attached hydrogen (secondary N) is 1. The average molecular weight is 363 g/mol. The highest BCUT2D eigenvalue weighted by Gasteiger charge is 2.26. The third-order valence-electron chi connectivity index (χ3n) is 3.69. The van der Waals surface area contributed by atoms with Gasteiger partial charge in [0.25, 0.3) is 0 Å². The van der Waals surface area contributed by atoms with Crippen molar-refractivity contribution in [1.82, 2.24) is 5.32 Å². The van der Waals surface area contributed by atoms with E-state index in [1.165, 1.54) is 18.2 Å². The molecule has 0 aliphatic carbocycles. The van der Waals surface area contributed by atoms with E-state index in [9.17, 15) is 28.4 Å². The van der Waals surface area contributed by atoms with E-state index < -0.39 is 43.0 Å². The van der Waals surface area contributed by atoms with Crippen molar-refractivity contribution in [2.24, 2.45) is 0 Å². The minimum absolute atomic E-state index is 0.0156. The van der Waals surface area contributed by atoms with Gasteiger partial charge in [0.2, 0.25) is 5.91 Å². The smallest absolute Gasteiger partial charge is 0.475 e. The molecular formula is C17H16BF2NO5. The monoisotopic (exact) mass is 363 g/mol. The van der Waals surface area contributed by atoms with E-state index in [1.807, 2.05) is 0 Å². The molecule has 0 saturated heterocycles. The third-order valence-corrected chi connectivity index (χ3v) is 3.69. The van der Waals surface area contributed by atoms with Gasteiger partial charge in [-0.25, -0.2) is 13.6 Å². The number of rotatable bonds is 7. The zero-order valence-electron chi connectivity index (χ0n) is 13.5. The molecule has 0 aliphatic heterocycles. The Morgan fingerprint density at radius 3 is 2.50 bits per heavy atom. The Labute approximate surface area is 148 Å². The molecule has 2 aromatic rings. The zero-order valence-corrected chi connectivity index (χ0v) is 13.5. The highest BCUT2D eigenvalue weighted by molar-refractivity contribution is 6.43. The molecule has 1 unspecified atom stereocenters. The molecule has 0 saturated carbocycles. The van der Waals surface area contributed by atoms with E-state index >= 15 is 0 Å². The van der Waals surface area contributed by atoms with Crippen LogP contribution in [0.25, 0.3) is 0 Å². The van der Waals surface area contributed by atoms with Gasteiger partial charge in [-0.3, -0.25) is 4.79 Å². The van der Waals surface area contributed by atoms with Crippen molar-refractivity contribution in [1.29, 1.82) is 0 Å². The van der Waals surface area contributed by atoms with Gasteiger partial charge >= 0.3 is 13.1 Å². The largest absolute Gasteiger partial charge is 0.478 e. The van der Waals surface area contributed by atoms with Crippen LogP contribution < -0.4 is 5.32 Å². The molecule has 0 radical (unpaired) electrons.